The van der Waals surface area contributed by atoms with Crippen LogP contribution in [0.1, 0.15) is 19.4 Å². The Hall–Kier alpha value is -1.14. The highest BCUT2D eigenvalue weighted by Gasteiger charge is 2.06. The van der Waals surface area contributed by atoms with E-state index in [1.54, 1.807) is 24.9 Å². The van der Waals surface area contributed by atoms with E-state index in [9.17, 15) is 0 Å². The summed E-state index contributed by atoms with van der Waals surface area (Å²) >= 11 is 1.68. The van der Waals surface area contributed by atoms with E-state index in [1.807, 2.05) is 12.1 Å². The van der Waals surface area contributed by atoms with Crippen LogP contribution in [0.5, 0.6) is 5.75 Å². The highest BCUT2D eigenvalue weighted by Crippen LogP contribution is 2.29. The maximum absolute atomic E-state index is 8.89. The molecule has 0 aliphatic rings. The zero-order chi connectivity index (χ0) is 10.6. The van der Waals surface area contributed by atoms with Crippen LogP contribution in [-0.4, -0.2) is 12.4 Å². The SMILES string of the molecule is COc1ccc(C#N)c(SC(C)C)c1. The highest BCUT2D eigenvalue weighted by molar-refractivity contribution is 8.00. The maximum Gasteiger partial charge on any atom is 0.120 e. The van der Waals surface area contributed by atoms with Crippen LogP contribution < -0.4 is 4.74 Å². The molecule has 0 atom stereocenters. The van der Waals surface area contributed by atoms with Gasteiger partial charge in [0.1, 0.15) is 11.8 Å². The normalized spacial score (nSPS) is 9.93. The number of ether oxygens (including phenoxy) is 1. The largest absolute Gasteiger partial charge is 0.497 e. The van der Waals surface area contributed by atoms with Gasteiger partial charge >= 0.3 is 0 Å². The summed E-state index contributed by atoms with van der Waals surface area (Å²) in [4.78, 5) is 0.988. The van der Waals surface area contributed by atoms with Gasteiger partial charge in [0.05, 0.1) is 12.7 Å². The third-order valence-corrected chi connectivity index (χ3v) is 2.74. The molecule has 2 nitrogen and oxygen atoms in total. The molecule has 0 heterocycles. The second-order valence-corrected chi connectivity index (χ2v) is 4.76. The Balaban J connectivity index is 3.03. The molecular formula is C11H13NOS. The Morgan fingerprint density at radius 2 is 2.14 bits per heavy atom. The van der Waals surface area contributed by atoms with Crippen LogP contribution in [0.15, 0.2) is 23.1 Å². The molecule has 0 radical (unpaired) electrons. The quantitative estimate of drug-likeness (QED) is 0.714. The Kier molecular flexibility index (Phi) is 3.84. The molecule has 1 aromatic carbocycles. The molecular weight excluding hydrogens is 194 g/mol. The molecule has 0 aromatic heterocycles. The monoisotopic (exact) mass is 207 g/mol. The molecule has 0 saturated carbocycles. The summed E-state index contributed by atoms with van der Waals surface area (Å²) in [7, 11) is 1.63. The van der Waals surface area contributed by atoms with Gasteiger partial charge in [-0.2, -0.15) is 5.26 Å². The van der Waals surface area contributed by atoms with Crippen molar-refractivity contribution in [3.8, 4) is 11.8 Å². The van der Waals surface area contributed by atoms with Gasteiger partial charge in [-0.25, -0.2) is 0 Å². The first-order valence-corrected chi connectivity index (χ1v) is 5.30. The number of nitrogens with zero attached hydrogens (tertiary/aromatic N) is 1. The zero-order valence-corrected chi connectivity index (χ0v) is 9.39. The van der Waals surface area contributed by atoms with Crippen LogP contribution in [0.4, 0.5) is 0 Å². The van der Waals surface area contributed by atoms with Crippen molar-refractivity contribution in [1.29, 1.82) is 5.26 Å². The van der Waals surface area contributed by atoms with Crippen molar-refractivity contribution >= 4 is 11.8 Å². The average molecular weight is 207 g/mol. The molecule has 1 rings (SSSR count). The van der Waals surface area contributed by atoms with Crippen molar-refractivity contribution in [3.63, 3.8) is 0 Å². The lowest BCUT2D eigenvalue weighted by atomic mass is 10.2. The summed E-state index contributed by atoms with van der Waals surface area (Å²) in [5.74, 6) is 0.798. The number of hydrogen-bond donors (Lipinski definition) is 0. The molecule has 14 heavy (non-hydrogen) atoms. The van der Waals surface area contributed by atoms with Crippen LogP contribution in [0.3, 0.4) is 0 Å². The molecule has 1 aromatic rings. The fourth-order valence-electron chi connectivity index (χ4n) is 1.07. The van der Waals surface area contributed by atoms with Gasteiger partial charge in [-0.15, -0.1) is 11.8 Å². The number of nitriles is 1. The van der Waals surface area contributed by atoms with Crippen LogP contribution in [0.2, 0.25) is 0 Å². The molecule has 3 heteroatoms. The molecule has 0 fully saturated rings. The summed E-state index contributed by atoms with van der Waals surface area (Å²) in [6, 6.07) is 7.69. The van der Waals surface area contributed by atoms with Gasteiger partial charge in [0.15, 0.2) is 0 Å². The van der Waals surface area contributed by atoms with Gasteiger partial charge in [0.2, 0.25) is 0 Å². The second-order valence-electron chi connectivity index (χ2n) is 3.14. The number of benzene rings is 1. The molecule has 0 aliphatic carbocycles. The minimum Gasteiger partial charge on any atom is -0.497 e. The molecule has 0 bridgehead atoms. The maximum atomic E-state index is 8.89. The van der Waals surface area contributed by atoms with E-state index in [0.29, 0.717) is 10.8 Å². The van der Waals surface area contributed by atoms with Gasteiger partial charge in [0, 0.05) is 10.1 Å². The zero-order valence-electron chi connectivity index (χ0n) is 8.57. The lowest BCUT2D eigenvalue weighted by Gasteiger charge is -2.08. The smallest absolute Gasteiger partial charge is 0.120 e. The van der Waals surface area contributed by atoms with Crippen molar-refractivity contribution in [1.82, 2.24) is 0 Å². The van der Waals surface area contributed by atoms with Gasteiger partial charge in [0.25, 0.3) is 0 Å². The molecule has 0 amide bonds. The van der Waals surface area contributed by atoms with E-state index in [2.05, 4.69) is 19.9 Å². The summed E-state index contributed by atoms with van der Waals surface area (Å²) in [6.45, 7) is 4.20. The van der Waals surface area contributed by atoms with E-state index in [0.717, 1.165) is 10.6 Å². The summed E-state index contributed by atoms with van der Waals surface area (Å²) in [5.41, 5.74) is 0.713. The third kappa shape index (κ3) is 2.68. The van der Waals surface area contributed by atoms with Gasteiger partial charge in [-0.1, -0.05) is 13.8 Å². The Bertz CT molecular complexity index is 355. The molecule has 0 N–H and O–H groups in total. The fraction of sp³-hybridized carbons (Fsp3) is 0.364. The predicted molar refractivity (Wildman–Crippen MR) is 58.7 cm³/mol. The number of methoxy groups -OCH3 is 1. The van der Waals surface area contributed by atoms with Crippen molar-refractivity contribution in [2.24, 2.45) is 0 Å². The summed E-state index contributed by atoms with van der Waals surface area (Å²) in [5, 5.41) is 9.36. The average Bonchev–Trinajstić information content (AvgIpc) is 2.16. The summed E-state index contributed by atoms with van der Waals surface area (Å²) < 4.78 is 5.11. The first kappa shape index (κ1) is 10.9. The van der Waals surface area contributed by atoms with Crippen LogP contribution in [0, 0.1) is 11.3 Å². The van der Waals surface area contributed by atoms with E-state index in [1.165, 1.54) is 0 Å². The molecule has 0 aliphatic heterocycles. The standard InChI is InChI=1S/C11H13NOS/c1-8(2)14-11-6-10(13-3)5-4-9(11)7-12/h4-6,8H,1-3H3. The minimum absolute atomic E-state index is 0.467. The van der Waals surface area contributed by atoms with Crippen LogP contribution in [0.25, 0.3) is 0 Å². The lowest BCUT2D eigenvalue weighted by Crippen LogP contribution is -1.91. The topological polar surface area (TPSA) is 33.0 Å². The highest BCUT2D eigenvalue weighted by atomic mass is 32.2. The minimum atomic E-state index is 0.467. The van der Waals surface area contributed by atoms with Crippen molar-refractivity contribution in [3.05, 3.63) is 23.8 Å². The van der Waals surface area contributed by atoms with Gasteiger partial charge in [-0.05, 0) is 18.2 Å². The Morgan fingerprint density at radius 1 is 1.43 bits per heavy atom. The Labute approximate surface area is 88.9 Å². The van der Waals surface area contributed by atoms with Gasteiger partial charge in [-0.3, -0.25) is 0 Å². The van der Waals surface area contributed by atoms with E-state index in [4.69, 9.17) is 10.00 Å². The Morgan fingerprint density at radius 3 is 2.64 bits per heavy atom. The van der Waals surface area contributed by atoms with Crippen LogP contribution in [-0.2, 0) is 0 Å². The van der Waals surface area contributed by atoms with Crippen molar-refractivity contribution < 1.29 is 4.74 Å². The molecule has 0 unspecified atom stereocenters. The van der Waals surface area contributed by atoms with Crippen molar-refractivity contribution in [2.45, 2.75) is 24.0 Å². The first-order valence-electron chi connectivity index (χ1n) is 4.42. The number of rotatable bonds is 3. The van der Waals surface area contributed by atoms with Crippen LogP contribution >= 0.6 is 11.8 Å². The molecule has 0 spiro atoms. The van der Waals surface area contributed by atoms with Gasteiger partial charge < -0.3 is 4.74 Å². The predicted octanol–water partition coefficient (Wildman–Crippen LogP) is 3.07. The third-order valence-electron chi connectivity index (χ3n) is 1.67. The molecule has 74 valence electrons. The lowest BCUT2D eigenvalue weighted by molar-refractivity contribution is 0.413. The fourth-order valence-corrected chi connectivity index (χ4v) is 2.01. The molecule has 0 saturated heterocycles. The second kappa shape index (κ2) is 4.92. The summed E-state index contributed by atoms with van der Waals surface area (Å²) in [6.07, 6.45) is 0. The number of hydrogen-bond acceptors (Lipinski definition) is 3. The van der Waals surface area contributed by atoms with Crippen molar-refractivity contribution in [2.75, 3.05) is 7.11 Å². The number of thioether (sulfide) groups is 1. The van der Waals surface area contributed by atoms with E-state index < -0.39 is 0 Å². The van der Waals surface area contributed by atoms with E-state index >= 15 is 0 Å². The van der Waals surface area contributed by atoms with E-state index in [-0.39, 0.29) is 0 Å². The first-order chi connectivity index (χ1) is 6.67.